The van der Waals surface area contributed by atoms with E-state index in [4.69, 9.17) is 23.2 Å². The highest BCUT2D eigenvalue weighted by atomic mass is 35.5. The molecule has 1 aromatic carbocycles. The maximum absolute atomic E-state index is 5.81. The molecule has 2 nitrogen and oxygen atoms in total. The molecule has 0 radical (unpaired) electrons. The quantitative estimate of drug-likeness (QED) is 0.679. The summed E-state index contributed by atoms with van der Waals surface area (Å²) in [5.74, 6) is 1.25. The van der Waals surface area contributed by atoms with E-state index >= 15 is 0 Å². The molecule has 0 aliphatic carbocycles. The molecule has 1 rings (SSSR count). The molecule has 0 aromatic heterocycles. The summed E-state index contributed by atoms with van der Waals surface area (Å²) in [7, 11) is 4.19. The van der Waals surface area contributed by atoms with Crippen molar-refractivity contribution in [2.24, 2.45) is 0 Å². The van der Waals surface area contributed by atoms with E-state index in [1.807, 2.05) is 0 Å². The lowest BCUT2D eigenvalue weighted by Crippen LogP contribution is -2.27. The highest BCUT2D eigenvalue weighted by Gasteiger charge is 2.05. The van der Waals surface area contributed by atoms with Crippen LogP contribution in [0.25, 0.3) is 0 Å². The summed E-state index contributed by atoms with van der Waals surface area (Å²) in [6, 6.07) is 8.69. The van der Waals surface area contributed by atoms with Crippen LogP contribution in [0.15, 0.2) is 24.3 Å². The molecule has 0 atom stereocenters. The van der Waals surface area contributed by atoms with Crippen molar-refractivity contribution in [2.45, 2.75) is 6.42 Å². The lowest BCUT2D eigenvalue weighted by molar-refractivity contribution is 0.413. The maximum atomic E-state index is 5.81. The van der Waals surface area contributed by atoms with Gasteiger partial charge in [-0.25, -0.2) is 0 Å². The molecular formula is C14H22Cl2N2. The van der Waals surface area contributed by atoms with Crippen molar-refractivity contribution < 1.29 is 0 Å². The van der Waals surface area contributed by atoms with Gasteiger partial charge >= 0.3 is 0 Å². The van der Waals surface area contributed by atoms with Crippen LogP contribution in [0.2, 0.25) is 0 Å². The number of hydrogen-bond acceptors (Lipinski definition) is 2. The number of halogens is 2. The normalized spacial score (nSPS) is 10.9. The van der Waals surface area contributed by atoms with E-state index in [0.717, 1.165) is 26.1 Å². The smallest absolute Gasteiger partial charge is 0.0399 e. The van der Waals surface area contributed by atoms with Gasteiger partial charge in [-0.2, -0.15) is 0 Å². The molecule has 0 saturated carbocycles. The van der Waals surface area contributed by atoms with Crippen LogP contribution in [-0.2, 0) is 6.42 Å². The molecule has 4 heteroatoms. The first kappa shape index (κ1) is 15.6. The van der Waals surface area contributed by atoms with Crippen LogP contribution >= 0.6 is 23.2 Å². The molecule has 0 spiro atoms. The Balaban J connectivity index is 2.61. The van der Waals surface area contributed by atoms with Gasteiger partial charge in [0.25, 0.3) is 0 Å². The van der Waals surface area contributed by atoms with Crippen molar-refractivity contribution in [1.82, 2.24) is 4.90 Å². The van der Waals surface area contributed by atoms with Crippen molar-refractivity contribution in [2.75, 3.05) is 50.4 Å². The Morgan fingerprint density at radius 1 is 0.889 bits per heavy atom. The van der Waals surface area contributed by atoms with Crippen molar-refractivity contribution >= 4 is 28.9 Å². The molecule has 0 N–H and O–H groups in total. The molecule has 102 valence electrons. The lowest BCUT2D eigenvalue weighted by atomic mass is 10.1. The fourth-order valence-corrected chi connectivity index (χ4v) is 2.21. The number of hydrogen-bond donors (Lipinski definition) is 0. The van der Waals surface area contributed by atoms with Gasteiger partial charge in [-0.05, 0) is 38.2 Å². The third-order valence-corrected chi connectivity index (χ3v) is 3.20. The first-order chi connectivity index (χ1) is 8.67. The van der Waals surface area contributed by atoms with Crippen molar-refractivity contribution in [3.63, 3.8) is 0 Å². The van der Waals surface area contributed by atoms with Crippen LogP contribution in [-0.4, -0.2) is 50.4 Å². The average Bonchev–Trinajstić information content (AvgIpc) is 2.37. The van der Waals surface area contributed by atoms with Crippen LogP contribution < -0.4 is 4.90 Å². The van der Waals surface area contributed by atoms with E-state index in [0.29, 0.717) is 11.8 Å². The summed E-state index contributed by atoms with van der Waals surface area (Å²) < 4.78 is 0. The maximum Gasteiger partial charge on any atom is 0.0399 e. The molecule has 18 heavy (non-hydrogen) atoms. The third kappa shape index (κ3) is 5.47. The van der Waals surface area contributed by atoms with Gasteiger partial charge in [-0.15, -0.1) is 23.2 Å². The molecule has 0 unspecified atom stereocenters. The molecule has 0 aliphatic heterocycles. The Kier molecular flexibility index (Phi) is 7.48. The van der Waals surface area contributed by atoms with E-state index in [1.54, 1.807) is 0 Å². The summed E-state index contributed by atoms with van der Waals surface area (Å²) in [5, 5.41) is 0. The van der Waals surface area contributed by atoms with Crippen molar-refractivity contribution in [3.05, 3.63) is 29.8 Å². The molecule has 0 saturated heterocycles. The standard InChI is InChI=1S/C14H22Cl2N2/c1-17(2)10-7-13-3-5-14(6-4-13)18(11-8-15)12-9-16/h3-6H,7-12H2,1-2H3. The van der Waals surface area contributed by atoms with Gasteiger partial charge in [0.05, 0.1) is 0 Å². The zero-order chi connectivity index (χ0) is 13.4. The minimum atomic E-state index is 0.624. The second-order valence-corrected chi connectivity index (χ2v) is 5.34. The van der Waals surface area contributed by atoms with E-state index in [2.05, 4.69) is 48.2 Å². The molecule has 0 amide bonds. The predicted molar refractivity (Wildman–Crippen MR) is 82.4 cm³/mol. The first-order valence-electron chi connectivity index (χ1n) is 6.28. The number of anilines is 1. The number of alkyl halides is 2. The van der Waals surface area contributed by atoms with E-state index in [9.17, 15) is 0 Å². The number of likely N-dealkylation sites (N-methyl/N-ethyl adjacent to an activating group) is 1. The monoisotopic (exact) mass is 288 g/mol. The van der Waals surface area contributed by atoms with Gasteiger partial charge < -0.3 is 9.80 Å². The largest absolute Gasteiger partial charge is 0.369 e. The number of benzene rings is 1. The summed E-state index contributed by atoms with van der Waals surface area (Å²) in [6.45, 7) is 2.75. The Bertz CT molecular complexity index is 319. The summed E-state index contributed by atoms with van der Waals surface area (Å²) in [4.78, 5) is 4.41. The van der Waals surface area contributed by atoms with Gasteiger partial charge in [-0.1, -0.05) is 12.1 Å². The second-order valence-electron chi connectivity index (χ2n) is 4.58. The highest BCUT2D eigenvalue weighted by Crippen LogP contribution is 2.16. The highest BCUT2D eigenvalue weighted by molar-refractivity contribution is 6.18. The minimum Gasteiger partial charge on any atom is -0.369 e. The second kappa shape index (κ2) is 8.63. The topological polar surface area (TPSA) is 6.48 Å². The SMILES string of the molecule is CN(C)CCc1ccc(N(CCCl)CCCl)cc1. The van der Waals surface area contributed by atoms with E-state index < -0.39 is 0 Å². The summed E-state index contributed by atoms with van der Waals surface area (Å²) >= 11 is 11.6. The minimum absolute atomic E-state index is 0.624. The zero-order valence-electron chi connectivity index (χ0n) is 11.2. The molecular weight excluding hydrogens is 267 g/mol. The van der Waals surface area contributed by atoms with Gasteiger partial charge in [0.1, 0.15) is 0 Å². The summed E-state index contributed by atoms with van der Waals surface area (Å²) in [6.07, 6.45) is 1.08. The predicted octanol–water partition coefficient (Wildman–Crippen LogP) is 3.07. The van der Waals surface area contributed by atoms with Crippen LogP contribution in [0, 0.1) is 0 Å². The molecule has 0 heterocycles. The van der Waals surface area contributed by atoms with Gasteiger partial charge in [-0.3, -0.25) is 0 Å². The molecule has 0 bridgehead atoms. The van der Waals surface area contributed by atoms with Crippen molar-refractivity contribution in [1.29, 1.82) is 0 Å². The van der Waals surface area contributed by atoms with E-state index in [-0.39, 0.29) is 0 Å². The number of nitrogens with zero attached hydrogens (tertiary/aromatic N) is 2. The van der Waals surface area contributed by atoms with E-state index in [1.165, 1.54) is 11.3 Å². The van der Waals surface area contributed by atoms with Crippen LogP contribution in [0.1, 0.15) is 5.56 Å². The summed E-state index contributed by atoms with van der Waals surface area (Å²) in [5.41, 5.74) is 2.56. The lowest BCUT2D eigenvalue weighted by Gasteiger charge is -2.23. The van der Waals surface area contributed by atoms with Gasteiger partial charge in [0.15, 0.2) is 0 Å². The fraction of sp³-hybridized carbons (Fsp3) is 0.571. The third-order valence-electron chi connectivity index (χ3n) is 2.86. The number of rotatable bonds is 8. The Morgan fingerprint density at radius 2 is 1.44 bits per heavy atom. The first-order valence-corrected chi connectivity index (χ1v) is 7.35. The zero-order valence-corrected chi connectivity index (χ0v) is 12.7. The molecule has 0 aliphatic rings. The Morgan fingerprint density at radius 3 is 1.89 bits per heavy atom. The van der Waals surface area contributed by atoms with Crippen LogP contribution in [0.4, 0.5) is 5.69 Å². The van der Waals surface area contributed by atoms with Gasteiger partial charge in [0, 0.05) is 37.1 Å². The Hall–Kier alpha value is -0.440. The molecule has 1 aromatic rings. The Labute approximate surface area is 120 Å². The average molecular weight is 289 g/mol. The van der Waals surface area contributed by atoms with Crippen LogP contribution in [0.5, 0.6) is 0 Å². The van der Waals surface area contributed by atoms with Gasteiger partial charge in [0.2, 0.25) is 0 Å². The molecule has 0 fully saturated rings. The fourth-order valence-electron chi connectivity index (χ4n) is 1.80. The van der Waals surface area contributed by atoms with Crippen LogP contribution in [0.3, 0.4) is 0 Å². The van der Waals surface area contributed by atoms with Crippen molar-refractivity contribution in [3.8, 4) is 0 Å².